The van der Waals surface area contributed by atoms with Gasteiger partial charge < -0.3 is 9.47 Å². The molecule has 3 saturated carbocycles. The normalized spacial score (nSPS) is 42.0. The van der Waals surface area contributed by atoms with Crippen LogP contribution in [0.4, 0.5) is 0 Å². The summed E-state index contributed by atoms with van der Waals surface area (Å²) in [6.07, 6.45) is 23.4. The van der Waals surface area contributed by atoms with Crippen molar-refractivity contribution < 1.29 is 9.47 Å². The molecule has 36 heavy (non-hydrogen) atoms. The molecule has 208 valence electrons. The Morgan fingerprint density at radius 3 is 2.58 bits per heavy atom. The van der Waals surface area contributed by atoms with Crippen molar-refractivity contribution >= 4 is 15.9 Å². The van der Waals surface area contributed by atoms with Gasteiger partial charge in [0.1, 0.15) is 0 Å². The first-order valence-corrected chi connectivity index (χ1v) is 17.1. The number of alkyl halides is 1. The highest BCUT2D eigenvalue weighted by Crippen LogP contribution is 2.67. The molecule has 0 amide bonds. The third-order valence-corrected chi connectivity index (χ3v) is 12.3. The standard InChI is InChI=1S/C31H51BrO2.C2H6/c1-22(2)8-4-5-9-23-12-14-27-26-13-11-24-20-25(34-29-10-6-7-19-33-29)15-18-31(24,21-32)28(26)16-17-30(23,27)3;1-2/h11,22-23,25-29H,4-10,12-21H2,1-3H3;1-2H3. The number of unbranched alkanes of at least 4 members (excludes halogenated alkanes) is 1. The van der Waals surface area contributed by atoms with Crippen LogP contribution in [0.15, 0.2) is 11.6 Å². The Hall–Kier alpha value is 0.140. The van der Waals surface area contributed by atoms with Crippen molar-refractivity contribution in [2.45, 2.75) is 143 Å². The minimum atomic E-state index is 0.0542. The average molecular weight is 566 g/mol. The second kappa shape index (κ2) is 13.0. The number of hydrogen-bond acceptors (Lipinski definition) is 2. The summed E-state index contributed by atoms with van der Waals surface area (Å²) in [6.45, 7) is 12.3. The Morgan fingerprint density at radius 2 is 1.86 bits per heavy atom. The van der Waals surface area contributed by atoms with E-state index in [1.165, 1.54) is 83.5 Å². The van der Waals surface area contributed by atoms with Gasteiger partial charge in [-0.1, -0.05) is 81.5 Å². The van der Waals surface area contributed by atoms with E-state index in [1.54, 1.807) is 5.57 Å². The van der Waals surface area contributed by atoms with E-state index in [0.29, 0.717) is 16.9 Å². The Bertz CT molecular complexity index is 712. The van der Waals surface area contributed by atoms with Gasteiger partial charge in [0, 0.05) is 17.4 Å². The molecule has 5 aliphatic rings. The van der Waals surface area contributed by atoms with Crippen molar-refractivity contribution in [1.82, 2.24) is 0 Å². The molecule has 8 atom stereocenters. The van der Waals surface area contributed by atoms with Gasteiger partial charge in [-0.15, -0.1) is 0 Å². The molecule has 2 nitrogen and oxygen atoms in total. The molecule has 4 fully saturated rings. The van der Waals surface area contributed by atoms with Gasteiger partial charge in [-0.25, -0.2) is 0 Å². The van der Waals surface area contributed by atoms with Crippen LogP contribution in [-0.2, 0) is 9.47 Å². The molecule has 5 rings (SSSR count). The summed E-state index contributed by atoms with van der Waals surface area (Å²) >= 11 is 4.07. The smallest absolute Gasteiger partial charge is 0.157 e. The lowest BCUT2D eigenvalue weighted by Crippen LogP contribution is -2.52. The summed E-state index contributed by atoms with van der Waals surface area (Å²) in [5.41, 5.74) is 2.74. The minimum Gasteiger partial charge on any atom is -0.353 e. The van der Waals surface area contributed by atoms with Gasteiger partial charge >= 0.3 is 0 Å². The van der Waals surface area contributed by atoms with Gasteiger partial charge in [-0.05, 0) is 112 Å². The van der Waals surface area contributed by atoms with Gasteiger partial charge in [-0.3, -0.25) is 0 Å². The lowest BCUT2D eigenvalue weighted by atomic mass is 9.47. The van der Waals surface area contributed by atoms with Crippen LogP contribution >= 0.6 is 15.9 Å². The lowest BCUT2D eigenvalue weighted by molar-refractivity contribution is -0.195. The maximum Gasteiger partial charge on any atom is 0.157 e. The topological polar surface area (TPSA) is 18.5 Å². The molecule has 3 heteroatoms. The van der Waals surface area contributed by atoms with E-state index in [-0.39, 0.29) is 6.29 Å². The van der Waals surface area contributed by atoms with E-state index >= 15 is 0 Å². The molecule has 0 aromatic carbocycles. The summed E-state index contributed by atoms with van der Waals surface area (Å²) in [5, 5.41) is 1.15. The largest absolute Gasteiger partial charge is 0.353 e. The summed E-state index contributed by atoms with van der Waals surface area (Å²) in [6, 6.07) is 0. The number of rotatable bonds is 8. The minimum absolute atomic E-state index is 0.0542. The predicted octanol–water partition coefficient (Wildman–Crippen LogP) is 10.1. The number of allylic oxidation sites excluding steroid dienone is 1. The molecule has 0 bridgehead atoms. The Balaban J connectivity index is 0.00000148. The van der Waals surface area contributed by atoms with Crippen LogP contribution in [0.3, 0.4) is 0 Å². The van der Waals surface area contributed by atoms with E-state index in [4.69, 9.17) is 9.47 Å². The van der Waals surface area contributed by atoms with Gasteiger partial charge in [0.15, 0.2) is 6.29 Å². The quantitative estimate of drug-likeness (QED) is 0.166. The third kappa shape index (κ3) is 5.84. The molecule has 0 aromatic heterocycles. The van der Waals surface area contributed by atoms with Crippen molar-refractivity contribution in [3.8, 4) is 0 Å². The molecule has 4 aliphatic carbocycles. The zero-order valence-corrected chi connectivity index (χ0v) is 25.9. The van der Waals surface area contributed by atoms with Crippen LogP contribution in [0.1, 0.15) is 131 Å². The second-order valence-electron chi connectivity index (χ2n) is 13.4. The monoisotopic (exact) mass is 564 g/mol. The van der Waals surface area contributed by atoms with Crippen LogP contribution < -0.4 is 0 Å². The Kier molecular flexibility index (Phi) is 10.5. The molecule has 1 heterocycles. The van der Waals surface area contributed by atoms with E-state index in [1.807, 2.05) is 13.8 Å². The van der Waals surface area contributed by atoms with Crippen molar-refractivity contribution in [1.29, 1.82) is 0 Å². The van der Waals surface area contributed by atoms with Crippen LogP contribution in [0.2, 0.25) is 0 Å². The summed E-state index contributed by atoms with van der Waals surface area (Å²) in [5.74, 6) is 4.60. The zero-order chi connectivity index (χ0) is 25.8. The number of fused-ring (bicyclic) bond motifs is 5. The van der Waals surface area contributed by atoms with Crippen molar-refractivity contribution in [2.24, 2.45) is 40.4 Å². The first kappa shape index (κ1) is 29.1. The molecular formula is C33H57BrO2. The zero-order valence-electron chi connectivity index (χ0n) is 24.3. The highest BCUT2D eigenvalue weighted by Gasteiger charge is 2.59. The molecule has 1 aliphatic heterocycles. The fourth-order valence-electron chi connectivity index (χ4n) is 9.35. The number of ether oxygens (including phenoxy) is 2. The summed E-state index contributed by atoms with van der Waals surface area (Å²) in [4.78, 5) is 0. The van der Waals surface area contributed by atoms with Gasteiger partial charge in [0.25, 0.3) is 0 Å². The maximum atomic E-state index is 6.49. The van der Waals surface area contributed by atoms with Crippen molar-refractivity contribution in [2.75, 3.05) is 11.9 Å². The highest BCUT2D eigenvalue weighted by atomic mass is 79.9. The van der Waals surface area contributed by atoms with E-state index in [0.717, 1.165) is 54.4 Å². The SMILES string of the molecule is CC.CC(C)CCCCC1CCC2C3CC=C4CC(OC5CCCCO5)CCC4(CBr)C3CCC12C. The average Bonchev–Trinajstić information content (AvgIpc) is 3.24. The second-order valence-corrected chi connectivity index (χ2v) is 14.0. The molecule has 0 N–H and O–H groups in total. The van der Waals surface area contributed by atoms with Gasteiger partial charge in [-0.2, -0.15) is 0 Å². The number of hydrogen-bond donors (Lipinski definition) is 0. The van der Waals surface area contributed by atoms with Crippen molar-refractivity contribution in [3.05, 3.63) is 11.6 Å². The fourth-order valence-corrected chi connectivity index (χ4v) is 10.4. The molecular weight excluding hydrogens is 508 g/mol. The van der Waals surface area contributed by atoms with Crippen LogP contribution in [-0.4, -0.2) is 24.3 Å². The first-order valence-electron chi connectivity index (χ1n) is 16.0. The highest BCUT2D eigenvalue weighted by molar-refractivity contribution is 9.09. The molecule has 8 unspecified atom stereocenters. The van der Waals surface area contributed by atoms with Crippen molar-refractivity contribution in [3.63, 3.8) is 0 Å². The molecule has 0 radical (unpaired) electrons. The van der Waals surface area contributed by atoms with Crippen LogP contribution in [0.25, 0.3) is 0 Å². The fraction of sp³-hybridized carbons (Fsp3) is 0.939. The van der Waals surface area contributed by atoms with Gasteiger partial charge in [0.2, 0.25) is 0 Å². The van der Waals surface area contributed by atoms with E-state index in [2.05, 4.69) is 42.8 Å². The summed E-state index contributed by atoms with van der Waals surface area (Å²) < 4.78 is 12.4. The Labute approximate surface area is 232 Å². The summed E-state index contributed by atoms with van der Waals surface area (Å²) in [7, 11) is 0. The predicted molar refractivity (Wildman–Crippen MR) is 156 cm³/mol. The van der Waals surface area contributed by atoms with E-state index in [9.17, 15) is 0 Å². The molecule has 0 aromatic rings. The lowest BCUT2D eigenvalue weighted by Gasteiger charge is -2.59. The van der Waals surface area contributed by atoms with E-state index < -0.39 is 0 Å². The number of halogens is 1. The molecule has 1 saturated heterocycles. The molecule has 0 spiro atoms. The van der Waals surface area contributed by atoms with Gasteiger partial charge in [0.05, 0.1) is 6.10 Å². The van der Waals surface area contributed by atoms with Crippen LogP contribution in [0.5, 0.6) is 0 Å². The maximum absolute atomic E-state index is 6.49. The van der Waals surface area contributed by atoms with Crippen LogP contribution in [0, 0.1) is 40.4 Å². The third-order valence-electron chi connectivity index (χ3n) is 11.3. The first-order chi connectivity index (χ1) is 17.5. The Morgan fingerprint density at radius 1 is 1.03 bits per heavy atom.